The third-order valence-electron chi connectivity index (χ3n) is 2.01. The van der Waals surface area contributed by atoms with Crippen LogP contribution in [0, 0.1) is 0 Å². The Morgan fingerprint density at radius 1 is 1.62 bits per heavy atom. The van der Waals surface area contributed by atoms with E-state index in [1.54, 1.807) is 7.05 Å². The van der Waals surface area contributed by atoms with Gasteiger partial charge in [-0.1, -0.05) is 15.9 Å². The minimum atomic E-state index is -2.49. The summed E-state index contributed by atoms with van der Waals surface area (Å²) in [6, 6.07) is 0. The van der Waals surface area contributed by atoms with Crippen molar-refractivity contribution >= 4 is 21.7 Å². The molecule has 7 heteroatoms. The van der Waals surface area contributed by atoms with Crippen molar-refractivity contribution in [1.29, 1.82) is 0 Å². The number of nitrogens with zero attached hydrogens (tertiary/aromatic N) is 3. The van der Waals surface area contributed by atoms with Crippen LogP contribution in [-0.4, -0.2) is 34.4 Å². The fourth-order valence-corrected chi connectivity index (χ4v) is 1.68. The van der Waals surface area contributed by atoms with E-state index in [-0.39, 0.29) is 11.4 Å². The Morgan fingerprint density at radius 2 is 2.31 bits per heavy atom. The van der Waals surface area contributed by atoms with Crippen LogP contribution in [-0.2, 0) is 7.05 Å². The molecule has 0 spiro atoms. The van der Waals surface area contributed by atoms with E-state index in [9.17, 15) is 13.6 Å². The fraction of sp³-hybridized carbons (Fsp3) is 0.556. The van der Waals surface area contributed by atoms with Crippen molar-refractivity contribution in [2.45, 2.75) is 6.43 Å². The predicted octanol–water partition coefficient (Wildman–Crippen LogP) is 1.25. The molecule has 0 amide bonds. The molecule has 0 aromatic carbocycles. The van der Waals surface area contributed by atoms with Crippen LogP contribution < -0.4 is 10.5 Å². The monoisotopic (exact) mass is 295 g/mol. The van der Waals surface area contributed by atoms with Gasteiger partial charge in [0.15, 0.2) is 5.82 Å². The van der Waals surface area contributed by atoms with Crippen LogP contribution in [0.1, 0.15) is 0 Å². The normalized spacial score (nSPS) is 10.8. The highest BCUT2D eigenvalue weighted by atomic mass is 79.9. The van der Waals surface area contributed by atoms with E-state index in [0.717, 1.165) is 0 Å². The Balaban J connectivity index is 3.01. The minimum Gasteiger partial charge on any atom is -0.345 e. The molecule has 4 nitrogen and oxygen atoms in total. The van der Waals surface area contributed by atoms with Gasteiger partial charge < -0.3 is 9.47 Å². The minimum absolute atomic E-state index is 0.0600. The Hall–Kier alpha value is -0.980. The summed E-state index contributed by atoms with van der Waals surface area (Å²) in [6.07, 6.45) is 0.412. The average Bonchev–Trinajstić information content (AvgIpc) is 2.21. The van der Waals surface area contributed by atoms with Gasteiger partial charge in [0.05, 0.1) is 6.54 Å². The highest BCUT2D eigenvalue weighted by molar-refractivity contribution is 9.09. The van der Waals surface area contributed by atoms with Crippen LogP contribution in [0.3, 0.4) is 0 Å². The second-order valence-corrected chi connectivity index (χ2v) is 3.99. The van der Waals surface area contributed by atoms with Crippen molar-refractivity contribution in [3.05, 3.63) is 22.7 Å². The van der Waals surface area contributed by atoms with E-state index in [0.29, 0.717) is 11.9 Å². The highest BCUT2D eigenvalue weighted by Crippen LogP contribution is 2.07. The van der Waals surface area contributed by atoms with Gasteiger partial charge in [0.2, 0.25) is 0 Å². The lowest BCUT2D eigenvalue weighted by Crippen LogP contribution is -2.37. The first-order valence-electron chi connectivity index (χ1n) is 4.67. The Kier molecular flexibility index (Phi) is 4.85. The lowest BCUT2D eigenvalue weighted by molar-refractivity contribution is 0.155. The van der Waals surface area contributed by atoms with Crippen molar-refractivity contribution in [3.8, 4) is 0 Å². The number of hydrogen-bond acceptors (Lipinski definition) is 3. The Labute approximate surface area is 100 Å². The third-order valence-corrected chi connectivity index (χ3v) is 2.37. The van der Waals surface area contributed by atoms with Crippen LogP contribution in [0.2, 0.25) is 0 Å². The molecule has 1 rings (SSSR count). The van der Waals surface area contributed by atoms with Gasteiger partial charge in [-0.15, -0.1) is 0 Å². The van der Waals surface area contributed by atoms with E-state index >= 15 is 0 Å². The molecule has 0 N–H and O–H groups in total. The van der Waals surface area contributed by atoms with Crippen LogP contribution in [0.15, 0.2) is 17.2 Å². The molecule has 0 radical (unpaired) electrons. The van der Waals surface area contributed by atoms with Gasteiger partial charge in [0, 0.05) is 31.3 Å². The van der Waals surface area contributed by atoms with Crippen molar-refractivity contribution in [2.24, 2.45) is 7.05 Å². The summed E-state index contributed by atoms with van der Waals surface area (Å²) < 4.78 is 26.0. The smallest absolute Gasteiger partial charge is 0.293 e. The van der Waals surface area contributed by atoms with Gasteiger partial charge in [-0.3, -0.25) is 4.79 Å². The number of halogens is 3. The maximum atomic E-state index is 12.3. The second-order valence-electron chi connectivity index (χ2n) is 3.19. The number of anilines is 1. The summed E-state index contributed by atoms with van der Waals surface area (Å²) in [5.41, 5.74) is -0.371. The van der Waals surface area contributed by atoms with E-state index in [4.69, 9.17) is 0 Å². The standard InChI is InChI=1S/C9H12BrF2N3O/c1-14-5-3-13-8(9(14)16)15(4-2-10)6-7(11)12/h3,5,7H,2,4,6H2,1H3. The van der Waals surface area contributed by atoms with Crippen LogP contribution in [0.5, 0.6) is 0 Å². The molecule has 0 aliphatic heterocycles. The van der Waals surface area contributed by atoms with Crippen molar-refractivity contribution in [1.82, 2.24) is 9.55 Å². The molecule has 16 heavy (non-hydrogen) atoms. The second kappa shape index (κ2) is 5.93. The average molecular weight is 296 g/mol. The number of aromatic nitrogens is 2. The molecule has 0 aliphatic carbocycles. The molecule has 0 atom stereocenters. The summed E-state index contributed by atoms with van der Waals surface area (Å²) in [7, 11) is 1.56. The quantitative estimate of drug-likeness (QED) is 0.768. The van der Waals surface area contributed by atoms with Gasteiger partial charge in [0.1, 0.15) is 0 Å². The van der Waals surface area contributed by atoms with Gasteiger partial charge in [-0.05, 0) is 0 Å². The molecular weight excluding hydrogens is 284 g/mol. The predicted molar refractivity (Wildman–Crippen MR) is 61.5 cm³/mol. The summed E-state index contributed by atoms with van der Waals surface area (Å²) in [5, 5.41) is 0.499. The number of alkyl halides is 3. The molecule has 0 saturated heterocycles. The molecule has 0 bridgehead atoms. The molecule has 0 aliphatic rings. The maximum Gasteiger partial charge on any atom is 0.293 e. The first-order chi connectivity index (χ1) is 7.56. The third kappa shape index (κ3) is 3.26. The van der Waals surface area contributed by atoms with Crippen LogP contribution >= 0.6 is 15.9 Å². The van der Waals surface area contributed by atoms with Gasteiger partial charge in [-0.2, -0.15) is 0 Å². The van der Waals surface area contributed by atoms with Gasteiger partial charge in [0.25, 0.3) is 12.0 Å². The van der Waals surface area contributed by atoms with Gasteiger partial charge >= 0.3 is 0 Å². The molecule has 1 aromatic rings. The van der Waals surface area contributed by atoms with E-state index < -0.39 is 13.0 Å². The summed E-state index contributed by atoms with van der Waals surface area (Å²) >= 11 is 3.16. The summed E-state index contributed by atoms with van der Waals surface area (Å²) in [6.45, 7) is -0.172. The molecular formula is C9H12BrF2N3O. The summed E-state index contributed by atoms with van der Waals surface area (Å²) in [5.74, 6) is 0.0600. The molecule has 90 valence electrons. The fourth-order valence-electron chi connectivity index (χ4n) is 1.25. The molecule has 1 aromatic heterocycles. The van der Waals surface area contributed by atoms with Crippen LogP contribution in [0.4, 0.5) is 14.6 Å². The van der Waals surface area contributed by atoms with Crippen molar-refractivity contribution in [2.75, 3.05) is 23.3 Å². The molecule has 0 unspecified atom stereocenters. The largest absolute Gasteiger partial charge is 0.345 e. The Bertz CT molecular complexity index is 397. The first-order valence-corrected chi connectivity index (χ1v) is 5.79. The highest BCUT2D eigenvalue weighted by Gasteiger charge is 2.16. The number of rotatable bonds is 5. The Morgan fingerprint density at radius 3 is 2.88 bits per heavy atom. The number of hydrogen-bond donors (Lipinski definition) is 0. The zero-order chi connectivity index (χ0) is 12.1. The summed E-state index contributed by atoms with van der Waals surface area (Å²) in [4.78, 5) is 16.8. The SMILES string of the molecule is Cn1ccnc(N(CCBr)CC(F)F)c1=O. The van der Waals surface area contributed by atoms with Gasteiger partial charge in [-0.25, -0.2) is 13.8 Å². The zero-order valence-corrected chi connectivity index (χ0v) is 10.3. The number of aryl methyl sites for hydroxylation is 1. The lowest BCUT2D eigenvalue weighted by Gasteiger charge is -2.21. The van der Waals surface area contributed by atoms with E-state index in [1.165, 1.54) is 21.9 Å². The molecule has 0 fully saturated rings. The van der Waals surface area contributed by atoms with E-state index in [1.807, 2.05) is 0 Å². The zero-order valence-electron chi connectivity index (χ0n) is 8.74. The van der Waals surface area contributed by atoms with Crippen LogP contribution in [0.25, 0.3) is 0 Å². The maximum absolute atomic E-state index is 12.3. The van der Waals surface area contributed by atoms with E-state index in [2.05, 4.69) is 20.9 Å². The topological polar surface area (TPSA) is 38.1 Å². The first kappa shape index (κ1) is 13.1. The lowest BCUT2D eigenvalue weighted by atomic mass is 10.4. The molecule has 1 heterocycles. The van der Waals surface area contributed by atoms with Crippen molar-refractivity contribution in [3.63, 3.8) is 0 Å². The van der Waals surface area contributed by atoms with Crippen molar-refractivity contribution < 1.29 is 8.78 Å². The molecule has 0 saturated carbocycles.